The van der Waals surface area contributed by atoms with Gasteiger partial charge in [-0.15, -0.1) is 0 Å². The fourth-order valence-electron chi connectivity index (χ4n) is 0.555. The van der Waals surface area contributed by atoms with Crippen LogP contribution in [0.3, 0.4) is 0 Å². The van der Waals surface area contributed by atoms with E-state index in [0.717, 1.165) is 6.29 Å². The van der Waals surface area contributed by atoms with Gasteiger partial charge < -0.3 is 5.11 Å². The van der Waals surface area contributed by atoms with Crippen molar-refractivity contribution in [3.63, 3.8) is 0 Å². The monoisotopic (exact) mass is 180 g/mol. The smallest absolute Gasteiger partial charge is 0.148 e. The predicted molar refractivity (Wildman–Crippen MR) is 50.2 cm³/mol. The average Bonchev–Trinajstić information content (AvgIpc) is 2.18. The van der Waals surface area contributed by atoms with Gasteiger partial charge in [-0.3, -0.25) is 9.59 Å². The van der Waals surface area contributed by atoms with E-state index in [-0.39, 0.29) is 6.61 Å². The molecule has 0 amide bonds. The minimum Gasteiger partial charge on any atom is -0.392 e. The fourth-order valence-corrected chi connectivity index (χ4v) is 0.555. The lowest BCUT2D eigenvalue weighted by molar-refractivity contribution is -0.105. The Morgan fingerprint density at radius 2 is 1.77 bits per heavy atom. The molecule has 13 heavy (non-hydrogen) atoms. The van der Waals surface area contributed by atoms with Gasteiger partial charge in [0, 0.05) is 5.57 Å². The van der Waals surface area contributed by atoms with Crippen molar-refractivity contribution in [2.75, 3.05) is 6.61 Å². The first-order chi connectivity index (χ1) is 6.24. The average molecular weight is 180 g/mol. The Balaban J connectivity index is 4.21. The minimum absolute atomic E-state index is 0.274. The van der Waals surface area contributed by atoms with E-state index >= 15 is 0 Å². The molecule has 0 spiro atoms. The number of aldehydes is 2. The van der Waals surface area contributed by atoms with E-state index in [9.17, 15) is 9.59 Å². The van der Waals surface area contributed by atoms with Crippen molar-refractivity contribution in [2.45, 2.75) is 6.92 Å². The van der Waals surface area contributed by atoms with Gasteiger partial charge in [0.1, 0.15) is 12.6 Å². The second-order valence-electron chi connectivity index (χ2n) is 2.43. The summed E-state index contributed by atoms with van der Waals surface area (Å²) >= 11 is 0. The molecule has 0 aliphatic rings. The number of hydrogen-bond donors (Lipinski definition) is 1. The summed E-state index contributed by atoms with van der Waals surface area (Å²) in [5.41, 5.74) is 0.898. The molecule has 70 valence electrons. The number of carbonyl (C=O) groups is 2. The van der Waals surface area contributed by atoms with Crippen LogP contribution in [0, 0.1) is 0 Å². The number of carbonyl (C=O) groups excluding carboxylic acids is 2. The first kappa shape index (κ1) is 11.5. The molecule has 0 aromatic carbocycles. The lowest BCUT2D eigenvalue weighted by atomic mass is 10.2. The van der Waals surface area contributed by atoms with Gasteiger partial charge in [-0.05, 0) is 12.5 Å². The summed E-state index contributed by atoms with van der Waals surface area (Å²) in [4.78, 5) is 20.3. The molecular weight excluding hydrogens is 168 g/mol. The quantitative estimate of drug-likeness (QED) is 0.387. The number of hydrogen-bond acceptors (Lipinski definition) is 3. The largest absolute Gasteiger partial charge is 0.392 e. The SMILES string of the molecule is C\C(C=O)=C/C=C/C=C(/C=O)CO. The third-order valence-corrected chi connectivity index (χ3v) is 1.30. The summed E-state index contributed by atoms with van der Waals surface area (Å²) < 4.78 is 0. The van der Waals surface area contributed by atoms with E-state index in [1.807, 2.05) is 0 Å². The van der Waals surface area contributed by atoms with Gasteiger partial charge in [-0.1, -0.05) is 24.3 Å². The van der Waals surface area contributed by atoms with Gasteiger partial charge in [0.2, 0.25) is 0 Å². The lowest BCUT2D eigenvalue weighted by Gasteiger charge is -1.86. The highest BCUT2D eigenvalue weighted by Crippen LogP contribution is 1.91. The first-order valence-corrected chi connectivity index (χ1v) is 3.80. The summed E-state index contributed by atoms with van der Waals surface area (Å²) in [7, 11) is 0. The Morgan fingerprint density at radius 1 is 1.15 bits per heavy atom. The van der Waals surface area contributed by atoms with E-state index in [2.05, 4.69) is 0 Å². The van der Waals surface area contributed by atoms with Crippen molar-refractivity contribution in [1.82, 2.24) is 0 Å². The molecule has 0 heterocycles. The zero-order valence-corrected chi connectivity index (χ0v) is 7.43. The third kappa shape index (κ3) is 5.75. The van der Waals surface area contributed by atoms with Gasteiger partial charge in [0.15, 0.2) is 0 Å². The predicted octanol–water partition coefficient (Wildman–Crippen LogP) is 0.805. The molecule has 3 heteroatoms. The van der Waals surface area contributed by atoms with Crippen LogP contribution >= 0.6 is 0 Å². The van der Waals surface area contributed by atoms with Gasteiger partial charge in [-0.2, -0.15) is 0 Å². The number of aliphatic hydroxyl groups is 1. The van der Waals surface area contributed by atoms with Crippen LogP contribution in [-0.4, -0.2) is 24.3 Å². The number of rotatable bonds is 5. The zero-order valence-electron chi connectivity index (χ0n) is 7.43. The highest BCUT2D eigenvalue weighted by molar-refractivity contribution is 5.74. The maximum absolute atomic E-state index is 10.2. The van der Waals surface area contributed by atoms with Crippen molar-refractivity contribution < 1.29 is 14.7 Å². The Morgan fingerprint density at radius 3 is 2.23 bits per heavy atom. The maximum Gasteiger partial charge on any atom is 0.148 e. The van der Waals surface area contributed by atoms with Crippen LogP contribution in [-0.2, 0) is 9.59 Å². The second kappa shape index (κ2) is 7.18. The van der Waals surface area contributed by atoms with E-state index in [1.165, 1.54) is 6.08 Å². The number of aliphatic hydroxyl groups excluding tert-OH is 1. The fraction of sp³-hybridized carbons (Fsp3) is 0.200. The molecule has 0 aliphatic carbocycles. The molecule has 0 aliphatic heterocycles. The Hall–Kier alpha value is -1.48. The standard InChI is InChI=1S/C10H12O3/c1-9(6-11)4-2-3-5-10(7-12)8-13/h2-7,13H,8H2,1H3/b3-2+,9-4+,10-5-. The van der Waals surface area contributed by atoms with Crippen molar-refractivity contribution in [2.24, 2.45) is 0 Å². The maximum atomic E-state index is 10.2. The van der Waals surface area contributed by atoms with E-state index < -0.39 is 0 Å². The molecule has 0 radical (unpaired) electrons. The van der Waals surface area contributed by atoms with Gasteiger partial charge in [-0.25, -0.2) is 0 Å². The summed E-state index contributed by atoms with van der Waals surface area (Å²) in [5.74, 6) is 0. The third-order valence-electron chi connectivity index (χ3n) is 1.30. The van der Waals surface area contributed by atoms with Crippen LogP contribution in [0.4, 0.5) is 0 Å². The van der Waals surface area contributed by atoms with Crippen LogP contribution in [0.1, 0.15) is 6.92 Å². The minimum atomic E-state index is -0.274. The highest BCUT2D eigenvalue weighted by Gasteiger charge is 1.86. The van der Waals surface area contributed by atoms with E-state index in [4.69, 9.17) is 5.11 Å². The summed E-state index contributed by atoms with van der Waals surface area (Å²) in [6, 6.07) is 0. The summed E-state index contributed by atoms with van der Waals surface area (Å²) in [6.07, 6.45) is 7.64. The summed E-state index contributed by atoms with van der Waals surface area (Å²) in [5, 5.41) is 8.58. The van der Waals surface area contributed by atoms with E-state index in [1.54, 1.807) is 25.2 Å². The van der Waals surface area contributed by atoms with Crippen LogP contribution in [0.2, 0.25) is 0 Å². The van der Waals surface area contributed by atoms with Crippen LogP contribution in [0.25, 0.3) is 0 Å². The Bertz CT molecular complexity index is 259. The molecule has 1 N–H and O–H groups in total. The molecule has 0 aromatic heterocycles. The topological polar surface area (TPSA) is 54.4 Å². The molecular formula is C10H12O3. The second-order valence-corrected chi connectivity index (χ2v) is 2.43. The van der Waals surface area contributed by atoms with Crippen molar-refractivity contribution >= 4 is 12.6 Å². The molecule has 0 saturated heterocycles. The first-order valence-electron chi connectivity index (χ1n) is 3.80. The lowest BCUT2D eigenvalue weighted by Crippen LogP contribution is -1.89. The van der Waals surface area contributed by atoms with Crippen molar-refractivity contribution in [3.8, 4) is 0 Å². The molecule has 0 unspecified atom stereocenters. The molecule has 0 fully saturated rings. The normalized spacial score (nSPS) is 13.4. The summed E-state index contributed by atoms with van der Waals surface area (Å²) in [6.45, 7) is 1.40. The van der Waals surface area contributed by atoms with Gasteiger partial charge in [0.25, 0.3) is 0 Å². The molecule has 0 atom stereocenters. The van der Waals surface area contributed by atoms with Gasteiger partial charge >= 0.3 is 0 Å². The van der Waals surface area contributed by atoms with Crippen LogP contribution in [0.15, 0.2) is 35.5 Å². The van der Waals surface area contributed by atoms with Crippen LogP contribution < -0.4 is 0 Å². The zero-order chi connectivity index (χ0) is 10.1. The van der Waals surface area contributed by atoms with Gasteiger partial charge in [0.05, 0.1) is 6.61 Å². The van der Waals surface area contributed by atoms with Crippen molar-refractivity contribution in [1.29, 1.82) is 0 Å². The molecule has 0 rings (SSSR count). The molecule has 3 nitrogen and oxygen atoms in total. The highest BCUT2D eigenvalue weighted by atomic mass is 16.3. The number of allylic oxidation sites excluding steroid dienone is 5. The molecule has 0 bridgehead atoms. The van der Waals surface area contributed by atoms with Crippen LogP contribution in [0.5, 0.6) is 0 Å². The van der Waals surface area contributed by atoms with E-state index in [0.29, 0.717) is 17.4 Å². The molecule has 0 aromatic rings. The molecule has 0 saturated carbocycles. The Labute approximate surface area is 77.1 Å². The van der Waals surface area contributed by atoms with Crippen molar-refractivity contribution in [3.05, 3.63) is 35.5 Å². The Kier molecular flexibility index (Phi) is 6.37.